The lowest BCUT2D eigenvalue weighted by molar-refractivity contribution is -0.120. The van der Waals surface area contributed by atoms with Crippen molar-refractivity contribution in [3.05, 3.63) is 47.8 Å². The second-order valence-corrected chi connectivity index (χ2v) is 9.39. The van der Waals surface area contributed by atoms with Crippen LogP contribution in [0.5, 0.6) is 0 Å². The highest BCUT2D eigenvalue weighted by atomic mass is 32.2. The van der Waals surface area contributed by atoms with Crippen LogP contribution in [0.4, 0.5) is 6.01 Å². The van der Waals surface area contributed by atoms with Gasteiger partial charge in [0.15, 0.2) is 0 Å². The first kappa shape index (κ1) is 18.8. The van der Waals surface area contributed by atoms with E-state index in [0.717, 1.165) is 23.3 Å². The van der Waals surface area contributed by atoms with Gasteiger partial charge in [-0.25, -0.2) is 8.42 Å². The molecule has 3 aromatic rings. The van der Waals surface area contributed by atoms with Crippen molar-refractivity contribution in [3.8, 4) is 11.5 Å². The van der Waals surface area contributed by atoms with Crippen molar-refractivity contribution in [1.29, 1.82) is 0 Å². The van der Waals surface area contributed by atoms with Crippen molar-refractivity contribution in [3.63, 3.8) is 0 Å². The van der Waals surface area contributed by atoms with Gasteiger partial charge in [0.2, 0.25) is 11.8 Å². The number of piperidine rings is 1. The van der Waals surface area contributed by atoms with E-state index in [2.05, 4.69) is 15.5 Å². The van der Waals surface area contributed by atoms with Crippen LogP contribution in [-0.4, -0.2) is 41.4 Å². The molecule has 3 heterocycles. The molecular formula is C18H18N4O4S2. The summed E-state index contributed by atoms with van der Waals surface area (Å²) in [5, 5.41) is 12.1. The maximum absolute atomic E-state index is 12.9. The van der Waals surface area contributed by atoms with E-state index in [1.165, 1.54) is 4.31 Å². The van der Waals surface area contributed by atoms with Crippen LogP contribution in [0.3, 0.4) is 0 Å². The van der Waals surface area contributed by atoms with Crippen LogP contribution in [-0.2, 0) is 14.8 Å². The van der Waals surface area contributed by atoms with Gasteiger partial charge in [0.1, 0.15) is 10.3 Å². The molecule has 1 amide bonds. The van der Waals surface area contributed by atoms with E-state index in [9.17, 15) is 13.2 Å². The molecule has 1 aliphatic heterocycles. The topological polar surface area (TPSA) is 105 Å². The number of hydrogen-bond acceptors (Lipinski definition) is 7. The Hall–Kier alpha value is -2.56. The van der Waals surface area contributed by atoms with E-state index in [1.54, 1.807) is 17.5 Å². The van der Waals surface area contributed by atoms with E-state index in [-0.39, 0.29) is 16.1 Å². The fourth-order valence-electron chi connectivity index (χ4n) is 3.14. The first-order valence-electron chi connectivity index (χ1n) is 8.81. The summed E-state index contributed by atoms with van der Waals surface area (Å²) in [7, 11) is -3.72. The van der Waals surface area contributed by atoms with E-state index in [0.29, 0.717) is 19.4 Å². The first-order valence-corrected chi connectivity index (χ1v) is 11.1. The minimum absolute atomic E-state index is 0.0529. The molecule has 0 radical (unpaired) electrons. The van der Waals surface area contributed by atoms with Crippen molar-refractivity contribution in [1.82, 2.24) is 14.5 Å². The van der Waals surface area contributed by atoms with Crippen molar-refractivity contribution in [2.45, 2.75) is 29.5 Å². The van der Waals surface area contributed by atoms with Gasteiger partial charge in [-0.3, -0.25) is 10.1 Å². The zero-order valence-corrected chi connectivity index (χ0v) is 16.4. The average Bonchev–Trinajstić information content (AvgIpc) is 3.41. The second-order valence-electron chi connectivity index (χ2n) is 6.33. The molecule has 0 bridgehead atoms. The monoisotopic (exact) mass is 418 g/mol. The molecule has 0 spiro atoms. The molecule has 1 atom stereocenters. The summed E-state index contributed by atoms with van der Waals surface area (Å²) in [6.45, 7) is 0.303. The number of anilines is 1. The Morgan fingerprint density at radius 2 is 1.96 bits per heavy atom. The van der Waals surface area contributed by atoms with Crippen LogP contribution < -0.4 is 5.32 Å². The average molecular weight is 419 g/mol. The number of sulfonamides is 1. The third-order valence-corrected chi connectivity index (χ3v) is 7.77. The number of amides is 1. The Balaban J connectivity index is 1.53. The van der Waals surface area contributed by atoms with E-state index >= 15 is 0 Å². The van der Waals surface area contributed by atoms with Crippen LogP contribution in [0.15, 0.2) is 56.5 Å². The van der Waals surface area contributed by atoms with E-state index in [4.69, 9.17) is 4.42 Å². The molecule has 8 nitrogen and oxygen atoms in total. The summed E-state index contributed by atoms with van der Waals surface area (Å²) in [5.74, 6) is -0.189. The normalized spacial score (nSPS) is 18.1. The molecule has 146 valence electrons. The third kappa shape index (κ3) is 3.71. The van der Waals surface area contributed by atoms with E-state index in [1.807, 2.05) is 30.3 Å². The molecule has 1 N–H and O–H groups in total. The minimum atomic E-state index is -3.72. The predicted molar refractivity (Wildman–Crippen MR) is 104 cm³/mol. The molecular weight excluding hydrogens is 400 g/mol. The van der Waals surface area contributed by atoms with Gasteiger partial charge in [0, 0.05) is 12.1 Å². The molecule has 1 saturated heterocycles. The van der Waals surface area contributed by atoms with Crippen molar-refractivity contribution >= 4 is 33.3 Å². The quantitative estimate of drug-likeness (QED) is 0.683. The minimum Gasteiger partial charge on any atom is -0.403 e. The Morgan fingerprint density at radius 3 is 2.71 bits per heavy atom. The molecule has 0 aliphatic carbocycles. The van der Waals surface area contributed by atoms with Gasteiger partial charge < -0.3 is 4.42 Å². The summed E-state index contributed by atoms with van der Waals surface area (Å²) in [6, 6.07) is 11.5. The first-order chi connectivity index (χ1) is 13.6. The smallest absolute Gasteiger partial charge is 0.322 e. The highest BCUT2D eigenvalue weighted by Gasteiger charge is 2.38. The van der Waals surface area contributed by atoms with Crippen LogP contribution in [0.25, 0.3) is 11.5 Å². The van der Waals surface area contributed by atoms with Gasteiger partial charge in [0.05, 0.1) is 0 Å². The lowest BCUT2D eigenvalue weighted by Gasteiger charge is -2.32. The maximum atomic E-state index is 12.9. The van der Waals surface area contributed by atoms with Crippen molar-refractivity contribution < 1.29 is 17.6 Å². The van der Waals surface area contributed by atoms with Crippen molar-refractivity contribution in [2.75, 3.05) is 11.9 Å². The Labute approximate surface area is 166 Å². The van der Waals surface area contributed by atoms with Gasteiger partial charge in [-0.15, -0.1) is 16.4 Å². The maximum Gasteiger partial charge on any atom is 0.322 e. The number of rotatable bonds is 5. The summed E-state index contributed by atoms with van der Waals surface area (Å²) < 4.78 is 32.8. The number of hydrogen-bond donors (Lipinski definition) is 1. The number of nitrogens with zero attached hydrogens (tertiary/aromatic N) is 3. The molecule has 1 aromatic carbocycles. The van der Waals surface area contributed by atoms with Gasteiger partial charge in [-0.05, 0) is 36.4 Å². The van der Waals surface area contributed by atoms with Gasteiger partial charge >= 0.3 is 6.01 Å². The lowest BCUT2D eigenvalue weighted by atomic mass is 10.0. The molecule has 1 aliphatic rings. The van der Waals surface area contributed by atoms with E-state index < -0.39 is 22.0 Å². The number of benzene rings is 1. The Morgan fingerprint density at radius 1 is 1.14 bits per heavy atom. The fraction of sp³-hybridized carbons (Fsp3) is 0.278. The number of carbonyl (C=O) groups is 1. The van der Waals surface area contributed by atoms with Gasteiger partial charge in [-0.1, -0.05) is 35.8 Å². The highest BCUT2D eigenvalue weighted by molar-refractivity contribution is 7.91. The number of aromatic nitrogens is 2. The van der Waals surface area contributed by atoms with Gasteiger partial charge in [-0.2, -0.15) is 4.31 Å². The summed E-state index contributed by atoms with van der Waals surface area (Å²) in [6.07, 6.45) is 1.93. The fourth-order valence-corrected chi connectivity index (χ4v) is 5.92. The standard InChI is InChI=1S/C18H18N4O4S2/c23-16(19-18-21-20-17(26-18)13-7-2-1-3-8-13)14-9-4-5-11-22(14)28(24,25)15-10-6-12-27-15/h1-3,6-8,10,12,14H,4-5,9,11H2,(H,19,21,23)/t14-/m0/s1. The molecule has 0 unspecified atom stereocenters. The molecule has 0 saturated carbocycles. The van der Waals surface area contributed by atoms with Crippen LogP contribution >= 0.6 is 11.3 Å². The molecule has 4 rings (SSSR count). The molecule has 1 fully saturated rings. The molecule has 28 heavy (non-hydrogen) atoms. The molecule has 10 heteroatoms. The van der Waals surface area contributed by atoms with Crippen LogP contribution in [0.2, 0.25) is 0 Å². The Kier molecular flexibility index (Phi) is 5.25. The third-order valence-electron chi connectivity index (χ3n) is 4.49. The molecule has 2 aromatic heterocycles. The summed E-state index contributed by atoms with van der Waals surface area (Å²) >= 11 is 1.14. The highest BCUT2D eigenvalue weighted by Crippen LogP contribution is 2.28. The number of carbonyl (C=O) groups excluding carboxylic acids is 1. The Bertz CT molecular complexity index is 1050. The summed E-state index contributed by atoms with van der Waals surface area (Å²) in [5.41, 5.74) is 0.732. The zero-order valence-electron chi connectivity index (χ0n) is 14.8. The number of nitrogens with one attached hydrogen (secondary N) is 1. The van der Waals surface area contributed by atoms with Gasteiger partial charge in [0.25, 0.3) is 10.0 Å². The SMILES string of the molecule is O=C(Nc1nnc(-c2ccccc2)o1)[C@@H]1CCCCN1S(=O)(=O)c1cccs1. The van der Waals surface area contributed by atoms with Crippen LogP contribution in [0.1, 0.15) is 19.3 Å². The van der Waals surface area contributed by atoms with Crippen molar-refractivity contribution in [2.24, 2.45) is 0 Å². The zero-order chi connectivity index (χ0) is 19.6. The van der Waals surface area contributed by atoms with Crippen LogP contribution in [0, 0.1) is 0 Å². The summed E-state index contributed by atoms with van der Waals surface area (Å²) in [4.78, 5) is 12.8. The predicted octanol–water partition coefficient (Wildman–Crippen LogP) is 2.98. The second kappa shape index (κ2) is 7.82. The largest absolute Gasteiger partial charge is 0.403 e. The lowest BCUT2D eigenvalue weighted by Crippen LogP contribution is -2.49. The number of thiophene rings is 1.